The van der Waals surface area contributed by atoms with Gasteiger partial charge in [0, 0.05) is 7.11 Å². The molecule has 0 saturated carbocycles. The van der Waals surface area contributed by atoms with E-state index in [2.05, 4.69) is 0 Å². The van der Waals surface area contributed by atoms with Crippen LogP contribution in [-0.2, 0) is 18.9 Å². The van der Waals surface area contributed by atoms with Crippen molar-refractivity contribution in [1.29, 1.82) is 0 Å². The fourth-order valence-corrected chi connectivity index (χ4v) is 2.83. The molecule has 4 atom stereocenters. The molecule has 22 heavy (non-hydrogen) atoms. The first-order chi connectivity index (χ1) is 10.3. The van der Waals surface area contributed by atoms with E-state index in [4.69, 9.17) is 18.9 Å². The standard InChI is InChI=1S/C13H17FN2O6/c1-13(2)21-8-7(5-19-3)20-11(9(8)22-13)16-4-6(14)10(17)15-12(16)18/h4,7-9,11H,5H2,1-3H3,(H,15,17,18)/t7-,8?,9+,11-/m1/s1. The van der Waals surface area contributed by atoms with Crippen LogP contribution in [0.5, 0.6) is 0 Å². The zero-order valence-corrected chi connectivity index (χ0v) is 12.4. The van der Waals surface area contributed by atoms with Crippen LogP contribution >= 0.6 is 0 Å². The molecule has 9 heteroatoms. The molecule has 2 saturated heterocycles. The Bertz CT molecular complexity index is 684. The largest absolute Gasteiger partial charge is 0.382 e. The Morgan fingerprint density at radius 3 is 2.73 bits per heavy atom. The minimum atomic E-state index is -1.08. The second kappa shape index (κ2) is 5.27. The average molecular weight is 316 g/mol. The Morgan fingerprint density at radius 1 is 1.36 bits per heavy atom. The summed E-state index contributed by atoms with van der Waals surface area (Å²) in [5.41, 5.74) is -1.85. The summed E-state index contributed by atoms with van der Waals surface area (Å²) in [6.45, 7) is 3.71. The highest BCUT2D eigenvalue weighted by Crippen LogP contribution is 2.42. The number of nitrogens with one attached hydrogen (secondary N) is 1. The van der Waals surface area contributed by atoms with E-state index in [-0.39, 0.29) is 6.61 Å². The van der Waals surface area contributed by atoms with E-state index in [0.29, 0.717) is 0 Å². The van der Waals surface area contributed by atoms with Gasteiger partial charge >= 0.3 is 5.69 Å². The number of aromatic amines is 1. The molecule has 0 amide bonds. The third kappa shape index (κ3) is 2.50. The summed E-state index contributed by atoms with van der Waals surface area (Å²) in [6, 6.07) is 0. The lowest BCUT2D eigenvalue weighted by molar-refractivity contribution is -0.201. The highest BCUT2D eigenvalue weighted by atomic mass is 19.1. The third-order valence-electron chi connectivity index (χ3n) is 3.65. The Kier molecular flexibility index (Phi) is 3.68. The molecule has 1 aromatic rings. The normalized spacial score (nSPS) is 33.1. The maximum Gasteiger partial charge on any atom is 0.330 e. The van der Waals surface area contributed by atoms with Crippen molar-refractivity contribution in [3.8, 4) is 0 Å². The number of rotatable bonds is 3. The van der Waals surface area contributed by atoms with Crippen molar-refractivity contribution < 1.29 is 23.3 Å². The number of halogens is 1. The first-order valence-corrected chi connectivity index (χ1v) is 6.83. The second-order valence-electron chi connectivity index (χ2n) is 5.73. The molecule has 1 aromatic heterocycles. The lowest BCUT2D eigenvalue weighted by Gasteiger charge is -2.24. The van der Waals surface area contributed by atoms with Gasteiger partial charge in [-0.05, 0) is 13.8 Å². The average Bonchev–Trinajstić information content (AvgIpc) is 2.89. The van der Waals surface area contributed by atoms with Gasteiger partial charge in [-0.2, -0.15) is 4.39 Å². The number of nitrogens with zero attached hydrogens (tertiary/aromatic N) is 1. The molecule has 2 aliphatic heterocycles. The first-order valence-electron chi connectivity index (χ1n) is 6.83. The van der Waals surface area contributed by atoms with Crippen LogP contribution in [0.1, 0.15) is 20.1 Å². The van der Waals surface area contributed by atoms with Crippen LogP contribution in [0.3, 0.4) is 0 Å². The fourth-order valence-electron chi connectivity index (χ4n) is 2.83. The molecule has 122 valence electrons. The predicted molar refractivity (Wildman–Crippen MR) is 70.9 cm³/mol. The van der Waals surface area contributed by atoms with Gasteiger partial charge in [-0.25, -0.2) is 4.79 Å². The van der Waals surface area contributed by atoms with Gasteiger partial charge in [0.1, 0.15) is 18.3 Å². The van der Waals surface area contributed by atoms with Crippen molar-refractivity contribution in [1.82, 2.24) is 9.55 Å². The zero-order chi connectivity index (χ0) is 16.1. The molecule has 1 N–H and O–H groups in total. The van der Waals surface area contributed by atoms with Gasteiger partial charge in [-0.1, -0.05) is 0 Å². The van der Waals surface area contributed by atoms with Crippen molar-refractivity contribution in [3.05, 3.63) is 32.9 Å². The highest BCUT2D eigenvalue weighted by molar-refractivity contribution is 4.99. The van der Waals surface area contributed by atoms with E-state index in [1.54, 1.807) is 13.8 Å². The number of hydrogen-bond acceptors (Lipinski definition) is 6. The minimum absolute atomic E-state index is 0.234. The molecule has 0 aromatic carbocycles. The summed E-state index contributed by atoms with van der Waals surface area (Å²) < 4.78 is 36.8. The van der Waals surface area contributed by atoms with Gasteiger partial charge in [0.15, 0.2) is 12.0 Å². The van der Waals surface area contributed by atoms with Crippen LogP contribution in [0.15, 0.2) is 15.8 Å². The molecule has 0 spiro atoms. The molecule has 0 bridgehead atoms. The van der Waals surface area contributed by atoms with Gasteiger partial charge in [0.25, 0.3) is 5.56 Å². The quantitative estimate of drug-likeness (QED) is 0.826. The minimum Gasteiger partial charge on any atom is -0.382 e. The summed E-state index contributed by atoms with van der Waals surface area (Å²) in [5, 5.41) is 0. The number of hydrogen-bond donors (Lipinski definition) is 1. The summed E-state index contributed by atoms with van der Waals surface area (Å²) >= 11 is 0. The van der Waals surface area contributed by atoms with E-state index in [1.807, 2.05) is 4.98 Å². The van der Waals surface area contributed by atoms with Crippen molar-refractivity contribution in [3.63, 3.8) is 0 Å². The van der Waals surface area contributed by atoms with E-state index in [0.717, 1.165) is 10.8 Å². The molecule has 8 nitrogen and oxygen atoms in total. The molecule has 3 heterocycles. The monoisotopic (exact) mass is 316 g/mol. The molecule has 1 unspecified atom stereocenters. The van der Waals surface area contributed by atoms with E-state index < -0.39 is 47.4 Å². The highest BCUT2D eigenvalue weighted by Gasteiger charge is 2.56. The van der Waals surface area contributed by atoms with Crippen LogP contribution in [-0.4, -0.2) is 47.4 Å². The van der Waals surface area contributed by atoms with Gasteiger partial charge in [-0.15, -0.1) is 0 Å². The van der Waals surface area contributed by atoms with Crippen LogP contribution in [0.2, 0.25) is 0 Å². The number of fused-ring (bicyclic) bond motifs is 1. The Labute approximate surface area is 124 Å². The van der Waals surface area contributed by atoms with Crippen molar-refractivity contribution in [2.45, 2.75) is 44.2 Å². The van der Waals surface area contributed by atoms with Gasteiger partial charge in [0.2, 0.25) is 5.82 Å². The SMILES string of the molecule is COC[C@H]1O[C@@H](n2cc(F)c(=O)[nH]c2=O)[C@H]2OC(C)(C)OC12. The van der Waals surface area contributed by atoms with Gasteiger partial charge in [-0.3, -0.25) is 14.3 Å². The van der Waals surface area contributed by atoms with Gasteiger partial charge < -0.3 is 18.9 Å². The predicted octanol–water partition coefficient (Wildman–Crippen LogP) is -0.260. The maximum atomic E-state index is 13.5. The summed E-state index contributed by atoms with van der Waals surface area (Å²) in [6.07, 6.45) is -1.64. The van der Waals surface area contributed by atoms with Crippen LogP contribution in [0.25, 0.3) is 0 Å². The molecule has 2 aliphatic rings. The zero-order valence-electron chi connectivity index (χ0n) is 12.4. The summed E-state index contributed by atoms with van der Waals surface area (Å²) in [5.74, 6) is -1.93. The summed E-state index contributed by atoms with van der Waals surface area (Å²) in [7, 11) is 1.51. The Hall–Kier alpha value is -1.55. The van der Waals surface area contributed by atoms with Gasteiger partial charge in [0.05, 0.1) is 12.8 Å². The first kappa shape index (κ1) is 15.3. The van der Waals surface area contributed by atoms with Crippen LogP contribution in [0.4, 0.5) is 4.39 Å². The molecular weight excluding hydrogens is 299 g/mol. The third-order valence-corrected chi connectivity index (χ3v) is 3.65. The Balaban J connectivity index is 1.99. The molecular formula is C13H17FN2O6. The molecule has 0 radical (unpaired) electrons. The smallest absolute Gasteiger partial charge is 0.330 e. The fraction of sp³-hybridized carbons (Fsp3) is 0.692. The van der Waals surface area contributed by atoms with E-state index in [1.165, 1.54) is 7.11 Å². The number of ether oxygens (including phenoxy) is 4. The van der Waals surface area contributed by atoms with E-state index in [9.17, 15) is 14.0 Å². The molecule has 3 rings (SSSR count). The Morgan fingerprint density at radius 2 is 2.05 bits per heavy atom. The second-order valence-corrected chi connectivity index (χ2v) is 5.73. The topological polar surface area (TPSA) is 91.8 Å². The molecule has 0 aliphatic carbocycles. The number of aromatic nitrogens is 2. The summed E-state index contributed by atoms with van der Waals surface area (Å²) in [4.78, 5) is 25.0. The number of methoxy groups -OCH3 is 1. The maximum absolute atomic E-state index is 13.5. The van der Waals surface area contributed by atoms with Crippen molar-refractivity contribution in [2.75, 3.05) is 13.7 Å². The number of H-pyrrole nitrogens is 1. The molecule has 2 fully saturated rings. The van der Waals surface area contributed by atoms with E-state index >= 15 is 0 Å². The van der Waals surface area contributed by atoms with Crippen molar-refractivity contribution in [2.24, 2.45) is 0 Å². The lowest BCUT2D eigenvalue weighted by Crippen LogP contribution is -2.38. The lowest BCUT2D eigenvalue weighted by atomic mass is 10.1. The van der Waals surface area contributed by atoms with Crippen LogP contribution < -0.4 is 11.2 Å². The van der Waals surface area contributed by atoms with Crippen molar-refractivity contribution >= 4 is 0 Å². The van der Waals surface area contributed by atoms with Crippen LogP contribution in [0, 0.1) is 5.82 Å².